The summed E-state index contributed by atoms with van der Waals surface area (Å²) in [6, 6.07) is 3.64. The van der Waals surface area contributed by atoms with E-state index >= 15 is 0 Å². The fourth-order valence-corrected chi connectivity index (χ4v) is 2.16. The van der Waals surface area contributed by atoms with Crippen LogP contribution in [0.15, 0.2) is 18.2 Å². The molecule has 20 heavy (non-hydrogen) atoms. The van der Waals surface area contributed by atoms with Crippen molar-refractivity contribution in [3.63, 3.8) is 0 Å². The molecule has 0 saturated carbocycles. The van der Waals surface area contributed by atoms with Crippen LogP contribution in [0.5, 0.6) is 0 Å². The molecule has 1 aromatic carbocycles. The SMILES string of the molecule is CC(C)CC(C)(O)CNc1ccc(N)c(C(F)(F)F)c1. The minimum absolute atomic E-state index is 0.173. The van der Waals surface area contributed by atoms with Crippen molar-refractivity contribution in [2.45, 2.75) is 39.0 Å². The van der Waals surface area contributed by atoms with Crippen LogP contribution in [0.2, 0.25) is 0 Å². The summed E-state index contributed by atoms with van der Waals surface area (Å²) in [6.07, 6.45) is -3.93. The normalized spacial score (nSPS) is 15.2. The standard InChI is InChI=1S/C14H21F3N2O/c1-9(2)7-13(3,20)8-19-10-4-5-12(18)11(6-10)14(15,16)17/h4-6,9,19-20H,7-8,18H2,1-3H3. The molecule has 0 spiro atoms. The van der Waals surface area contributed by atoms with Crippen molar-refractivity contribution >= 4 is 11.4 Å². The Labute approximate surface area is 117 Å². The molecule has 4 N–H and O–H groups in total. The molecule has 6 heteroatoms. The maximum Gasteiger partial charge on any atom is 0.418 e. The Morgan fingerprint density at radius 2 is 1.90 bits per heavy atom. The third-order valence-corrected chi connectivity index (χ3v) is 2.88. The van der Waals surface area contributed by atoms with Gasteiger partial charge in [-0.3, -0.25) is 0 Å². The summed E-state index contributed by atoms with van der Waals surface area (Å²) in [4.78, 5) is 0. The van der Waals surface area contributed by atoms with Gasteiger partial charge < -0.3 is 16.2 Å². The molecule has 0 heterocycles. The maximum atomic E-state index is 12.7. The third-order valence-electron chi connectivity index (χ3n) is 2.88. The molecule has 0 aromatic heterocycles. The molecule has 0 amide bonds. The van der Waals surface area contributed by atoms with E-state index in [1.807, 2.05) is 13.8 Å². The molecule has 0 radical (unpaired) electrons. The van der Waals surface area contributed by atoms with Crippen molar-refractivity contribution in [1.29, 1.82) is 0 Å². The van der Waals surface area contributed by atoms with Crippen LogP contribution in [0.3, 0.4) is 0 Å². The lowest BCUT2D eigenvalue weighted by Crippen LogP contribution is -2.34. The Balaban J connectivity index is 2.80. The van der Waals surface area contributed by atoms with Crippen LogP contribution in [0.1, 0.15) is 32.8 Å². The Morgan fingerprint density at radius 3 is 2.40 bits per heavy atom. The van der Waals surface area contributed by atoms with Crippen LogP contribution in [-0.2, 0) is 6.18 Å². The number of rotatable bonds is 5. The van der Waals surface area contributed by atoms with Crippen molar-refractivity contribution in [3.8, 4) is 0 Å². The monoisotopic (exact) mass is 290 g/mol. The molecule has 3 nitrogen and oxygen atoms in total. The highest BCUT2D eigenvalue weighted by Crippen LogP contribution is 2.35. The molecule has 1 unspecified atom stereocenters. The van der Waals surface area contributed by atoms with Gasteiger partial charge >= 0.3 is 6.18 Å². The van der Waals surface area contributed by atoms with Gasteiger partial charge in [-0.25, -0.2) is 0 Å². The van der Waals surface area contributed by atoms with Crippen molar-refractivity contribution < 1.29 is 18.3 Å². The first-order valence-corrected chi connectivity index (χ1v) is 6.44. The molecule has 0 aliphatic carbocycles. The van der Waals surface area contributed by atoms with Gasteiger partial charge in [0.25, 0.3) is 0 Å². The van der Waals surface area contributed by atoms with Gasteiger partial charge in [0, 0.05) is 17.9 Å². The maximum absolute atomic E-state index is 12.7. The lowest BCUT2D eigenvalue weighted by Gasteiger charge is -2.26. The van der Waals surface area contributed by atoms with Crippen molar-refractivity contribution in [2.75, 3.05) is 17.6 Å². The summed E-state index contributed by atoms with van der Waals surface area (Å²) in [6.45, 7) is 5.77. The van der Waals surface area contributed by atoms with E-state index in [0.29, 0.717) is 12.3 Å². The predicted molar refractivity (Wildman–Crippen MR) is 74.4 cm³/mol. The first-order valence-electron chi connectivity index (χ1n) is 6.44. The van der Waals surface area contributed by atoms with E-state index in [1.54, 1.807) is 6.92 Å². The number of nitrogens with one attached hydrogen (secondary N) is 1. The number of halogens is 3. The zero-order valence-electron chi connectivity index (χ0n) is 11.9. The molecule has 1 atom stereocenters. The number of alkyl halides is 3. The molecule has 0 aliphatic rings. The van der Waals surface area contributed by atoms with Gasteiger partial charge in [0.1, 0.15) is 0 Å². The zero-order valence-corrected chi connectivity index (χ0v) is 11.9. The summed E-state index contributed by atoms with van der Waals surface area (Å²) in [7, 11) is 0. The van der Waals surface area contributed by atoms with Gasteiger partial charge in [-0.1, -0.05) is 13.8 Å². The first-order chi connectivity index (χ1) is 9.01. The van der Waals surface area contributed by atoms with Gasteiger partial charge in [0.15, 0.2) is 0 Å². The Kier molecular flexibility index (Phi) is 4.91. The summed E-state index contributed by atoms with van der Waals surface area (Å²) < 4.78 is 38.2. The van der Waals surface area contributed by atoms with Gasteiger partial charge in [0.2, 0.25) is 0 Å². The molecular weight excluding hydrogens is 269 g/mol. The van der Waals surface area contributed by atoms with E-state index in [9.17, 15) is 18.3 Å². The first kappa shape index (κ1) is 16.6. The van der Waals surface area contributed by atoms with Crippen LogP contribution in [0.4, 0.5) is 24.5 Å². The number of benzene rings is 1. The van der Waals surface area contributed by atoms with E-state index in [0.717, 1.165) is 6.07 Å². The largest absolute Gasteiger partial charge is 0.418 e. The fourth-order valence-electron chi connectivity index (χ4n) is 2.16. The number of hydrogen-bond acceptors (Lipinski definition) is 3. The fraction of sp³-hybridized carbons (Fsp3) is 0.571. The number of hydrogen-bond donors (Lipinski definition) is 3. The van der Waals surface area contributed by atoms with Crippen molar-refractivity contribution in [1.82, 2.24) is 0 Å². The van der Waals surface area contributed by atoms with Gasteiger partial charge in [-0.05, 0) is 37.5 Å². The van der Waals surface area contributed by atoms with Crippen LogP contribution in [0, 0.1) is 5.92 Å². The van der Waals surface area contributed by atoms with Gasteiger partial charge in [0.05, 0.1) is 11.2 Å². The minimum Gasteiger partial charge on any atom is -0.398 e. The molecule has 0 fully saturated rings. The highest BCUT2D eigenvalue weighted by Gasteiger charge is 2.33. The smallest absolute Gasteiger partial charge is 0.398 e. The van der Waals surface area contributed by atoms with Crippen LogP contribution < -0.4 is 11.1 Å². The third kappa shape index (κ3) is 4.92. The number of nitrogens with two attached hydrogens (primary N) is 1. The molecule has 1 aromatic rings. The molecular formula is C14H21F3N2O. The van der Waals surface area contributed by atoms with Crippen LogP contribution >= 0.6 is 0 Å². The Bertz CT molecular complexity index is 456. The Morgan fingerprint density at radius 1 is 1.30 bits per heavy atom. The van der Waals surface area contributed by atoms with Gasteiger partial charge in [-0.15, -0.1) is 0 Å². The van der Waals surface area contributed by atoms with Crippen molar-refractivity contribution in [3.05, 3.63) is 23.8 Å². The van der Waals surface area contributed by atoms with E-state index in [2.05, 4.69) is 5.32 Å². The second kappa shape index (κ2) is 5.91. The quantitative estimate of drug-likeness (QED) is 0.727. The molecule has 0 bridgehead atoms. The highest BCUT2D eigenvalue weighted by molar-refractivity contribution is 5.58. The highest BCUT2D eigenvalue weighted by atomic mass is 19.4. The molecule has 1 rings (SSSR count). The average molecular weight is 290 g/mol. The molecule has 114 valence electrons. The predicted octanol–water partition coefficient (Wildman–Crippen LogP) is 3.50. The van der Waals surface area contributed by atoms with Crippen LogP contribution in [-0.4, -0.2) is 17.3 Å². The lowest BCUT2D eigenvalue weighted by molar-refractivity contribution is -0.136. The number of nitrogen functional groups attached to an aromatic ring is 1. The van der Waals surface area contributed by atoms with Gasteiger partial charge in [-0.2, -0.15) is 13.2 Å². The summed E-state index contributed by atoms with van der Waals surface area (Å²) in [5.74, 6) is 0.295. The lowest BCUT2D eigenvalue weighted by atomic mass is 9.94. The molecule has 0 saturated heterocycles. The number of aliphatic hydroxyl groups is 1. The second-order valence-electron chi connectivity index (χ2n) is 5.75. The zero-order chi connectivity index (χ0) is 15.6. The minimum atomic E-state index is -4.48. The van der Waals surface area contributed by atoms with E-state index in [-0.39, 0.29) is 17.9 Å². The Hall–Kier alpha value is -1.43. The van der Waals surface area contributed by atoms with E-state index in [1.165, 1.54) is 12.1 Å². The summed E-state index contributed by atoms with van der Waals surface area (Å²) in [5, 5.41) is 12.9. The summed E-state index contributed by atoms with van der Waals surface area (Å²) >= 11 is 0. The summed E-state index contributed by atoms with van der Waals surface area (Å²) in [5.41, 5.74) is 3.46. The average Bonchev–Trinajstić information content (AvgIpc) is 2.24. The van der Waals surface area contributed by atoms with E-state index in [4.69, 9.17) is 5.73 Å². The van der Waals surface area contributed by atoms with E-state index < -0.39 is 17.3 Å². The number of anilines is 2. The van der Waals surface area contributed by atoms with Crippen LogP contribution in [0.25, 0.3) is 0 Å². The topological polar surface area (TPSA) is 58.3 Å². The van der Waals surface area contributed by atoms with Crippen molar-refractivity contribution in [2.24, 2.45) is 5.92 Å². The molecule has 0 aliphatic heterocycles. The second-order valence-corrected chi connectivity index (χ2v) is 5.75.